The van der Waals surface area contributed by atoms with E-state index < -0.39 is 0 Å². The number of quaternary nitrogens is 2. The zero-order valence-corrected chi connectivity index (χ0v) is 51.6. The molecule has 0 aliphatic carbocycles. The number of ether oxygens (including phenoxy) is 10. The van der Waals surface area contributed by atoms with Gasteiger partial charge in [-0.2, -0.15) is 0 Å². The molecule has 436 valence electrons. The van der Waals surface area contributed by atoms with E-state index >= 15 is 0 Å². The van der Waals surface area contributed by atoms with Gasteiger partial charge in [-0.1, -0.05) is 6.92 Å². The molecule has 0 saturated carbocycles. The summed E-state index contributed by atoms with van der Waals surface area (Å²) in [4.78, 5) is 0. The van der Waals surface area contributed by atoms with Crippen LogP contribution in [0.4, 0.5) is 0 Å². The number of hydrogen-bond acceptors (Lipinski definition) is 10. The van der Waals surface area contributed by atoms with E-state index in [0.29, 0.717) is 65.3 Å². The van der Waals surface area contributed by atoms with Crippen LogP contribution < -0.4 is 47.4 Å². The molecule has 0 amide bonds. The molecule has 0 aliphatic heterocycles. The highest BCUT2D eigenvalue weighted by Crippen LogP contribution is 2.41. The summed E-state index contributed by atoms with van der Waals surface area (Å²) >= 11 is 0. The highest BCUT2D eigenvalue weighted by atomic mass is 16.5. The standard InChI is InChI=1S/C67H100N2O10/c1-17-49-39-67(79-33-29-25-23-27-31-69(10,11)12)57(47-63(49)78-32-28-24-22-26-30-68(7,8)9)38-53-46-66(77-21-5)56(43-62(53)73-16)37-52-45-65(76-20-4)55(42-61(52)72-15)36-51-44-64(75-19-3)54(41-60(51)71-14)35-50-40-58(74-18-2)48(6)34-59(50)70-13/h34,39-47H,17-33,35-38H2,1-16H3/q+2. The molecule has 0 aromatic heterocycles. The van der Waals surface area contributed by atoms with Gasteiger partial charge < -0.3 is 56.3 Å². The Kier molecular flexibility index (Phi) is 25.6. The summed E-state index contributed by atoms with van der Waals surface area (Å²) in [7, 11) is 20.4. The normalized spacial score (nSPS) is 11.6. The first-order valence-electron chi connectivity index (χ1n) is 29.2. The number of unbranched alkanes of at least 4 members (excludes halogenated alkanes) is 6. The highest BCUT2D eigenvalue weighted by Gasteiger charge is 2.23. The molecular formula is C67H100N2O10+2. The number of benzene rings is 5. The lowest BCUT2D eigenvalue weighted by atomic mass is 9.94. The molecule has 0 saturated heterocycles. The Labute approximate surface area is 476 Å². The van der Waals surface area contributed by atoms with E-state index in [1.165, 1.54) is 38.8 Å². The van der Waals surface area contributed by atoms with Crippen molar-refractivity contribution in [3.05, 3.63) is 116 Å². The molecular weight excluding hydrogens is 993 g/mol. The van der Waals surface area contributed by atoms with Crippen molar-refractivity contribution < 1.29 is 56.3 Å². The predicted molar refractivity (Wildman–Crippen MR) is 322 cm³/mol. The van der Waals surface area contributed by atoms with E-state index in [1.807, 2.05) is 40.7 Å². The van der Waals surface area contributed by atoms with Crippen LogP contribution in [0.2, 0.25) is 0 Å². The monoisotopic (exact) mass is 1090 g/mol. The lowest BCUT2D eigenvalue weighted by molar-refractivity contribution is -0.870. The maximum absolute atomic E-state index is 6.71. The van der Waals surface area contributed by atoms with Crippen LogP contribution in [0.25, 0.3) is 0 Å². The molecule has 0 unspecified atom stereocenters. The lowest BCUT2D eigenvalue weighted by Gasteiger charge is -2.23. The maximum Gasteiger partial charge on any atom is 0.123 e. The summed E-state index contributed by atoms with van der Waals surface area (Å²) in [6.45, 7) is 18.0. The molecule has 0 atom stereocenters. The van der Waals surface area contributed by atoms with Gasteiger partial charge in [0.1, 0.15) is 57.5 Å². The van der Waals surface area contributed by atoms with Crippen LogP contribution in [0.5, 0.6) is 57.5 Å². The second-order valence-corrected chi connectivity index (χ2v) is 22.7. The van der Waals surface area contributed by atoms with Gasteiger partial charge in [0.05, 0.1) is 123 Å². The highest BCUT2D eigenvalue weighted by molar-refractivity contribution is 5.58. The van der Waals surface area contributed by atoms with Crippen molar-refractivity contribution in [3.63, 3.8) is 0 Å². The number of nitrogens with zero attached hydrogens (tertiary/aromatic N) is 2. The van der Waals surface area contributed by atoms with Gasteiger partial charge in [-0.25, -0.2) is 0 Å². The quantitative estimate of drug-likeness (QED) is 0.0283. The van der Waals surface area contributed by atoms with Gasteiger partial charge in [0, 0.05) is 70.2 Å². The largest absolute Gasteiger partial charge is 0.496 e. The predicted octanol–water partition coefficient (Wildman–Crippen LogP) is 13.8. The number of methoxy groups -OCH3 is 4. The van der Waals surface area contributed by atoms with Gasteiger partial charge in [-0.15, -0.1) is 0 Å². The van der Waals surface area contributed by atoms with E-state index in [1.54, 1.807) is 28.4 Å². The van der Waals surface area contributed by atoms with Crippen LogP contribution >= 0.6 is 0 Å². The maximum atomic E-state index is 6.71. The third-order valence-corrected chi connectivity index (χ3v) is 14.3. The van der Waals surface area contributed by atoms with Crippen molar-refractivity contribution in [2.24, 2.45) is 0 Å². The molecule has 0 heterocycles. The summed E-state index contributed by atoms with van der Waals surface area (Å²) < 4.78 is 64.9. The Hall–Kier alpha value is -5.98. The Morgan fingerprint density at radius 2 is 0.544 bits per heavy atom. The third kappa shape index (κ3) is 19.7. The molecule has 0 fully saturated rings. The van der Waals surface area contributed by atoms with E-state index in [0.717, 1.165) is 154 Å². The molecule has 0 bridgehead atoms. The van der Waals surface area contributed by atoms with Crippen LogP contribution in [0.3, 0.4) is 0 Å². The minimum absolute atomic E-state index is 0.486. The second kappa shape index (κ2) is 31.7. The molecule has 12 heteroatoms. The third-order valence-electron chi connectivity index (χ3n) is 14.3. The molecule has 0 radical (unpaired) electrons. The average Bonchev–Trinajstić information content (AvgIpc) is 3.48. The van der Waals surface area contributed by atoms with Crippen LogP contribution in [0, 0.1) is 6.92 Å². The van der Waals surface area contributed by atoms with Crippen LogP contribution in [-0.4, -0.2) is 132 Å². The first-order valence-corrected chi connectivity index (χ1v) is 29.2. The number of hydrogen-bond donors (Lipinski definition) is 0. The minimum atomic E-state index is 0.486. The first-order chi connectivity index (χ1) is 37.9. The Morgan fingerprint density at radius 1 is 0.291 bits per heavy atom. The average molecular weight is 1090 g/mol. The fourth-order valence-corrected chi connectivity index (χ4v) is 10.1. The van der Waals surface area contributed by atoms with Gasteiger partial charge >= 0.3 is 0 Å². The van der Waals surface area contributed by atoms with Gasteiger partial charge in [0.15, 0.2) is 0 Å². The number of aryl methyl sites for hydroxylation is 2. The Morgan fingerprint density at radius 3 is 0.861 bits per heavy atom. The summed E-state index contributed by atoms with van der Waals surface area (Å²) in [6, 6.07) is 21.1. The molecule has 0 spiro atoms. The minimum Gasteiger partial charge on any atom is -0.496 e. The summed E-state index contributed by atoms with van der Waals surface area (Å²) in [5, 5.41) is 0. The molecule has 5 rings (SSSR count). The van der Waals surface area contributed by atoms with Gasteiger partial charge in [-0.05, 0) is 164 Å². The molecule has 5 aromatic carbocycles. The molecule has 79 heavy (non-hydrogen) atoms. The van der Waals surface area contributed by atoms with Crippen molar-refractivity contribution in [3.8, 4) is 57.5 Å². The van der Waals surface area contributed by atoms with E-state index in [9.17, 15) is 0 Å². The molecule has 5 aromatic rings. The molecule has 0 aliphatic rings. The molecule has 0 N–H and O–H groups in total. The Balaban J connectivity index is 1.46. The van der Waals surface area contributed by atoms with Crippen molar-refractivity contribution in [2.45, 2.75) is 125 Å². The van der Waals surface area contributed by atoms with Gasteiger partial charge in [0.2, 0.25) is 0 Å². The molecule has 12 nitrogen and oxygen atoms in total. The van der Waals surface area contributed by atoms with Crippen LogP contribution in [0.1, 0.15) is 142 Å². The van der Waals surface area contributed by atoms with E-state index in [4.69, 9.17) is 47.4 Å². The summed E-state index contributed by atoms with van der Waals surface area (Å²) in [6.07, 6.45) is 12.2. The van der Waals surface area contributed by atoms with E-state index in [-0.39, 0.29) is 0 Å². The zero-order chi connectivity index (χ0) is 57.5. The fourth-order valence-electron chi connectivity index (χ4n) is 10.1. The van der Waals surface area contributed by atoms with Gasteiger partial charge in [0.25, 0.3) is 0 Å². The SMILES string of the molecule is CCOc1cc(Cc2cc(OC)c(Cc3cc(OC)c(Cc4cc(OC)c(Cc5cc(OCCCCCC[N+](C)(C)C)c(CC)cc5OCCCCCC[N+](C)(C)C)cc4OCC)cc3OCC)cc2OCC)c(OC)cc1C. The summed E-state index contributed by atoms with van der Waals surface area (Å²) in [5.41, 5.74) is 10.1. The van der Waals surface area contributed by atoms with Crippen LogP contribution in [-0.2, 0) is 32.1 Å². The van der Waals surface area contributed by atoms with Crippen molar-refractivity contribution in [1.29, 1.82) is 0 Å². The number of rotatable bonds is 37. The smallest absolute Gasteiger partial charge is 0.123 e. The lowest BCUT2D eigenvalue weighted by Crippen LogP contribution is -2.35. The topological polar surface area (TPSA) is 92.3 Å². The van der Waals surface area contributed by atoms with Crippen LogP contribution in [0.15, 0.2) is 60.7 Å². The fraction of sp³-hybridized carbons (Fsp3) is 0.552. The summed E-state index contributed by atoms with van der Waals surface area (Å²) in [5.74, 6) is 8.05. The van der Waals surface area contributed by atoms with Gasteiger partial charge in [-0.3, -0.25) is 0 Å². The van der Waals surface area contributed by atoms with Crippen molar-refractivity contribution >= 4 is 0 Å². The second-order valence-electron chi connectivity index (χ2n) is 22.7. The van der Waals surface area contributed by atoms with Crippen molar-refractivity contribution in [2.75, 3.05) is 123 Å². The van der Waals surface area contributed by atoms with E-state index in [2.05, 4.69) is 104 Å². The van der Waals surface area contributed by atoms with Crippen molar-refractivity contribution in [1.82, 2.24) is 0 Å². The zero-order valence-electron chi connectivity index (χ0n) is 51.6. The Bertz CT molecular complexity index is 2670. The first kappa shape index (κ1) is 63.8.